The first kappa shape index (κ1) is 16.0. The van der Waals surface area contributed by atoms with Crippen LogP contribution in [0.1, 0.15) is 31.2 Å². The molecular weight excluding hydrogens is 282 g/mol. The Bertz CT molecular complexity index is 545. The maximum atomic E-state index is 4.36. The number of nitrogens with zero attached hydrogens (tertiary/aromatic N) is 2. The summed E-state index contributed by atoms with van der Waals surface area (Å²) in [4.78, 5) is 6.97. The third kappa shape index (κ3) is 5.36. The van der Waals surface area contributed by atoms with Crippen molar-refractivity contribution < 1.29 is 0 Å². The zero-order valence-corrected chi connectivity index (χ0v) is 13.8. The van der Waals surface area contributed by atoms with Crippen molar-refractivity contribution in [2.45, 2.75) is 38.1 Å². The predicted molar refractivity (Wildman–Crippen MR) is 96.7 cm³/mol. The van der Waals surface area contributed by atoms with Crippen molar-refractivity contribution in [1.82, 2.24) is 9.88 Å². The van der Waals surface area contributed by atoms with Gasteiger partial charge in [-0.15, -0.1) is 0 Å². The summed E-state index contributed by atoms with van der Waals surface area (Å²) in [5.41, 5.74) is 1.46. The van der Waals surface area contributed by atoms with Crippen molar-refractivity contribution in [3.63, 3.8) is 0 Å². The summed E-state index contributed by atoms with van der Waals surface area (Å²) in [5, 5.41) is 3.55. The molecule has 3 heteroatoms. The second-order valence-electron chi connectivity index (χ2n) is 6.42. The van der Waals surface area contributed by atoms with Gasteiger partial charge in [-0.05, 0) is 56.3 Å². The molecule has 0 spiro atoms. The lowest BCUT2D eigenvalue weighted by molar-refractivity contribution is 0.215. The van der Waals surface area contributed by atoms with E-state index in [1.165, 1.54) is 57.3 Å². The van der Waals surface area contributed by atoms with Gasteiger partial charge in [0.15, 0.2) is 0 Å². The lowest BCUT2D eigenvalue weighted by Crippen LogP contribution is -2.39. The fraction of sp³-hybridized carbons (Fsp3) is 0.450. The summed E-state index contributed by atoms with van der Waals surface area (Å²) in [5.74, 6) is 1.01. The first-order valence-corrected chi connectivity index (χ1v) is 8.84. The van der Waals surface area contributed by atoms with E-state index < -0.39 is 0 Å². The maximum Gasteiger partial charge on any atom is 0.126 e. The molecule has 1 aromatic heterocycles. The number of pyridine rings is 1. The third-order valence-corrected chi connectivity index (χ3v) is 4.64. The third-order valence-electron chi connectivity index (χ3n) is 4.64. The molecule has 0 radical (unpaired) electrons. The van der Waals surface area contributed by atoms with E-state index in [-0.39, 0.29) is 0 Å². The van der Waals surface area contributed by atoms with Crippen LogP contribution in [0, 0.1) is 0 Å². The Labute approximate surface area is 139 Å². The van der Waals surface area contributed by atoms with Crippen LogP contribution in [0.3, 0.4) is 0 Å². The second kappa shape index (κ2) is 8.68. The van der Waals surface area contributed by atoms with E-state index >= 15 is 0 Å². The van der Waals surface area contributed by atoms with E-state index in [4.69, 9.17) is 0 Å². The van der Waals surface area contributed by atoms with Crippen molar-refractivity contribution in [1.29, 1.82) is 0 Å². The van der Waals surface area contributed by atoms with Gasteiger partial charge >= 0.3 is 0 Å². The number of nitrogens with one attached hydrogen (secondary N) is 1. The molecule has 3 nitrogen and oxygen atoms in total. The number of hydrogen-bond acceptors (Lipinski definition) is 3. The fourth-order valence-corrected chi connectivity index (χ4v) is 3.27. The number of likely N-dealkylation sites (tertiary alicyclic amines) is 1. The summed E-state index contributed by atoms with van der Waals surface area (Å²) in [7, 11) is 0. The van der Waals surface area contributed by atoms with Gasteiger partial charge in [0.2, 0.25) is 0 Å². The molecule has 1 aliphatic rings. The molecule has 0 bridgehead atoms. The lowest BCUT2D eigenvalue weighted by Gasteiger charge is -2.32. The SMILES string of the molecule is c1ccc(CCCCN2CCC(Nc3ccccn3)CC2)cc1. The molecular formula is C20H27N3. The van der Waals surface area contributed by atoms with Gasteiger partial charge in [0.25, 0.3) is 0 Å². The average Bonchev–Trinajstić information content (AvgIpc) is 2.62. The van der Waals surface area contributed by atoms with Crippen LogP contribution in [-0.2, 0) is 6.42 Å². The zero-order chi connectivity index (χ0) is 15.7. The number of unbranched alkanes of at least 4 members (excludes halogenated alkanes) is 1. The normalized spacial score (nSPS) is 16.3. The summed E-state index contributed by atoms with van der Waals surface area (Å²) >= 11 is 0. The number of rotatable bonds is 7. The molecule has 1 saturated heterocycles. The van der Waals surface area contributed by atoms with Gasteiger partial charge < -0.3 is 10.2 Å². The molecule has 1 N–H and O–H groups in total. The topological polar surface area (TPSA) is 28.2 Å². The highest BCUT2D eigenvalue weighted by Gasteiger charge is 2.18. The Morgan fingerprint density at radius 1 is 0.957 bits per heavy atom. The minimum atomic E-state index is 0.575. The van der Waals surface area contributed by atoms with E-state index in [0.29, 0.717) is 6.04 Å². The Kier molecular flexibility index (Phi) is 6.04. The molecule has 1 aromatic carbocycles. The summed E-state index contributed by atoms with van der Waals surface area (Å²) in [6, 6.07) is 17.4. The van der Waals surface area contributed by atoms with Crippen LogP contribution in [0.4, 0.5) is 5.82 Å². The van der Waals surface area contributed by atoms with Gasteiger partial charge in [0.1, 0.15) is 5.82 Å². The number of benzene rings is 1. The number of piperidine rings is 1. The Morgan fingerprint density at radius 3 is 2.48 bits per heavy atom. The van der Waals surface area contributed by atoms with Gasteiger partial charge in [-0.3, -0.25) is 0 Å². The molecule has 0 unspecified atom stereocenters. The monoisotopic (exact) mass is 309 g/mol. The van der Waals surface area contributed by atoms with Crippen molar-refractivity contribution in [3.8, 4) is 0 Å². The molecule has 1 aliphatic heterocycles. The number of aromatic nitrogens is 1. The van der Waals surface area contributed by atoms with Gasteiger partial charge in [-0.1, -0.05) is 36.4 Å². The zero-order valence-electron chi connectivity index (χ0n) is 13.8. The summed E-state index contributed by atoms with van der Waals surface area (Å²) < 4.78 is 0. The lowest BCUT2D eigenvalue weighted by atomic mass is 10.0. The van der Waals surface area contributed by atoms with Crippen molar-refractivity contribution >= 4 is 5.82 Å². The fourth-order valence-electron chi connectivity index (χ4n) is 3.27. The van der Waals surface area contributed by atoms with Crippen LogP contribution in [0.25, 0.3) is 0 Å². The van der Waals surface area contributed by atoms with Crippen LogP contribution in [-0.4, -0.2) is 35.6 Å². The van der Waals surface area contributed by atoms with Crippen LogP contribution in [0.5, 0.6) is 0 Å². The second-order valence-corrected chi connectivity index (χ2v) is 6.42. The predicted octanol–water partition coefficient (Wildman–Crippen LogP) is 3.98. The summed E-state index contributed by atoms with van der Waals surface area (Å²) in [6.45, 7) is 3.65. The molecule has 23 heavy (non-hydrogen) atoms. The van der Waals surface area contributed by atoms with Crippen LogP contribution in [0.15, 0.2) is 54.7 Å². The minimum Gasteiger partial charge on any atom is -0.367 e. The Hall–Kier alpha value is -1.87. The van der Waals surface area contributed by atoms with Crippen LogP contribution in [0.2, 0.25) is 0 Å². The smallest absolute Gasteiger partial charge is 0.126 e. The number of hydrogen-bond donors (Lipinski definition) is 1. The number of anilines is 1. The maximum absolute atomic E-state index is 4.36. The Balaban J connectivity index is 1.30. The molecule has 0 saturated carbocycles. The first-order chi connectivity index (χ1) is 11.4. The van der Waals surface area contributed by atoms with Gasteiger partial charge in [0, 0.05) is 25.3 Å². The highest BCUT2D eigenvalue weighted by Crippen LogP contribution is 2.15. The molecule has 1 fully saturated rings. The van der Waals surface area contributed by atoms with Crippen molar-refractivity contribution in [2.75, 3.05) is 25.0 Å². The molecule has 2 heterocycles. The Morgan fingerprint density at radius 2 is 1.74 bits per heavy atom. The van der Waals surface area contributed by atoms with E-state index in [1.807, 2.05) is 18.3 Å². The largest absolute Gasteiger partial charge is 0.367 e. The van der Waals surface area contributed by atoms with E-state index in [2.05, 4.69) is 51.6 Å². The standard InChI is InChI=1S/C20H27N3/c1-2-8-18(9-3-1)10-5-7-15-23-16-12-19(13-17-23)22-20-11-4-6-14-21-20/h1-4,6,8-9,11,14,19H,5,7,10,12-13,15-17H2,(H,21,22). The highest BCUT2D eigenvalue weighted by atomic mass is 15.1. The molecule has 122 valence electrons. The highest BCUT2D eigenvalue weighted by molar-refractivity contribution is 5.34. The molecule has 0 atom stereocenters. The molecule has 0 aliphatic carbocycles. The first-order valence-electron chi connectivity index (χ1n) is 8.84. The van der Waals surface area contributed by atoms with Crippen LogP contribution >= 0.6 is 0 Å². The number of aryl methyl sites for hydroxylation is 1. The summed E-state index contributed by atoms with van der Waals surface area (Å²) in [6.07, 6.45) is 8.08. The van der Waals surface area contributed by atoms with Gasteiger partial charge in [-0.2, -0.15) is 0 Å². The molecule has 0 amide bonds. The van der Waals surface area contributed by atoms with Crippen molar-refractivity contribution in [3.05, 3.63) is 60.3 Å². The quantitative estimate of drug-likeness (QED) is 0.784. The van der Waals surface area contributed by atoms with Crippen LogP contribution < -0.4 is 5.32 Å². The van der Waals surface area contributed by atoms with Crippen molar-refractivity contribution in [2.24, 2.45) is 0 Å². The van der Waals surface area contributed by atoms with E-state index in [1.54, 1.807) is 0 Å². The van der Waals surface area contributed by atoms with E-state index in [0.717, 1.165) is 5.82 Å². The molecule has 3 rings (SSSR count). The average molecular weight is 309 g/mol. The minimum absolute atomic E-state index is 0.575. The van der Waals surface area contributed by atoms with E-state index in [9.17, 15) is 0 Å². The van der Waals surface area contributed by atoms with Gasteiger partial charge in [0.05, 0.1) is 0 Å². The molecule has 2 aromatic rings. The van der Waals surface area contributed by atoms with Gasteiger partial charge in [-0.25, -0.2) is 4.98 Å².